The van der Waals surface area contributed by atoms with Gasteiger partial charge in [-0.05, 0) is 36.8 Å². The molecule has 0 aliphatic heterocycles. The van der Waals surface area contributed by atoms with Crippen molar-refractivity contribution in [1.29, 1.82) is 0 Å². The number of nitrogens with zero attached hydrogens (tertiary/aromatic N) is 2. The van der Waals surface area contributed by atoms with Crippen molar-refractivity contribution < 1.29 is 0 Å². The van der Waals surface area contributed by atoms with Gasteiger partial charge in [0.1, 0.15) is 5.82 Å². The summed E-state index contributed by atoms with van der Waals surface area (Å²) in [7, 11) is 2.05. The topological polar surface area (TPSA) is 29.9 Å². The van der Waals surface area contributed by atoms with Crippen molar-refractivity contribution in [3.8, 4) is 0 Å². The van der Waals surface area contributed by atoms with Crippen LogP contribution in [0.5, 0.6) is 0 Å². The Labute approximate surface area is 129 Å². The molecule has 0 fully saturated rings. The van der Waals surface area contributed by atoms with E-state index in [9.17, 15) is 0 Å². The maximum absolute atomic E-state index is 6.02. The van der Waals surface area contributed by atoms with Crippen molar-refractivity contribution in [2.24, 2.45) is 7.05 Å². The van der Waals surface area contributed by atoms with Crippen LogP contribution >= 0.6 is 11.6 Å². The predicted molar refractivity (Wildman–Crippen MR) is 89.1 cm³/mol. The van der Waals surface area contributed by atoms with E-state index < -0.39 is 0 Å². The van der Waals surface area contributed by atoms with Gasteiger partial charge in [-0.1, -0.05) is 29.8 Å². The van der Waals surface area contributed by atoms with Crippen LogP contribution in [0.3, 0.4) is 0 Å². The van der Waals surface area contributed by atoms with Crippen LogP contribution in [-0.4, -0.2) is 16.1 Å². The minimum atomic E-state index is 0.727. The lowest BCUT2D eigenvalue weighted by Gasteiger charge is -2.09. The fourth-order valence-electron chi connectivity index (χ4n) is 2.53. The third kappa shape index (κ3) is 2.88. The molecule has 21 heavy (non-hydrogen) atoms. The fourth-order valence-corrected chi connectivity index (χ4v) is 2.69. The zero-order valence-corrected chi connectivity index (χ0v) is 13.0. The molecule has 0 aliphatic carbocycles. The highest BCUT2D eigenvalue weighted by atomic mass is 35.5. The molecule has 0 amide bonds. The molecule has 108 valence electrons. The number of aryl methyl sites for hydroxylation is 2. The molecule has 0 saturated carbocycles. The van der Waals surface area contributed by atoms with Gasteiger partial charge in [-0.3, -0.25) is 0 Å². The molecule has 0 spiro atoms. The molecule has 1 N–H and O–H groups in total. The number of hydrogen-bond donors (Lipinski definition) is 1. The Morgan fingerprint density at radius 2 is 2.00 bits per heavy atom. The van der Waals surface area contributed by atoms with Crippen molar-refractivity contribution in [3.05, 3.63) is 58.9 Å². The van der Waals surface area contributed by atoms with E-state index in [1.165, 1.54) is 11.3 Å². The zero-order valence-electron chi connectivity index (χ0n) is 12.2. The lowest BCUT2D eigenvalue weighted by molar-refractivity contribution is 0.807. The van der Waals surface area contributed by atoms with Gasteiger partial charge in [0, 0.05) is 30.7 Å². The number of halogens is 1. The SMILES string of the molecule is Cc1ccccc1NCCc1nc2cc(Cl)ccc2n1C. The first-order valence-corrected chi connectivity index (χ1v) is 7.43. The summed E-state index contributed by atoms with van der Waals surface area (Å²) in [5.74, 6) is 1.06. The van der Waals surface area contributed by atoms with Crippen molar-refractivity contribution in [3.63, 3.8) is 0 Å². The summed E-state index contributed by atoms with van der Waals surface area (Å²) in [5.41, 5.74) is 4.51. The maximum atomic E-state index is 6.02. The third-order valence-corrected chi connectivity index (χ3v) is 3.98. The number of nitrogens with one attached hydrogen (secondary N) is 1. The van der Waals surface area contributed by atoms with E-state index in [1.807, 2.05) is 31.3 Å². The second-order valence-electron chi connectivity index (χ2n) is 5.21. The van der Waals surface area contributed by atoms with Crippen LogP contribution < -0.4 is 5.32 Å². The quantitative estimate of drug-likeness (QED) is 0.783. The van der Waals surface area contributed by atoms with Crippen molar-refractivity contribution in [1.82, 2.24) is 9.55 Å². The number of benzene rings is 2. The Hall–Kier alpha value is -2.00. The van der Waals surface area contributed by atoms with Gasteiger partial charge in [0.2, 0.25) is 0 Å². The van der Waals surface area contributed by atoms with Crippen LogP contribution in [-0.2, 0) is 13.5 Å². The average Bonchev–Trinajstić information content (AvgIpc) is 2.77. The van der Waals surface area contributed by atoms with Gasteiger partial charge >= 0.3 is 0 Å². The molecule has 3 rings (SSSR count). The molecule has 0 aliphatic rings. The van der Waals surface area contributed by atoms with Crippen molar-refractivity contribution in [2.75, 3.05) is 11.9 Å². The van der Waals surface area contributed by atoms with Gasteiger partial charge in [0.25, 0.3) is 0 Å². The van der Waals surface area contributed by atoms with E-state index in [4.69, 9.17) is 11.6 Å². The highest BCUT2D eigenvalue weighted by Crippen LogP contribution is 2.20. The number of hydrogen-bond acceptors (Lipinski definition) is 2. The van der Waals surface area contributed by atoms with E-state index >= 15 is 0 Å². The molecule has 3 aromatic rings. The normalized spacial score (nSPS) is 11.0. The van der Waals surface area contributed by atoms with Gasteiger partial charge < -0.3 is 9.88 Å². The van der Waals surface area contributed by atoms with E-state index in [-0.39, 0.29) is 0 Å². The Bertz CT molecular complexity index is 777. The van der Waals surface area contributed by atoms with Gasteiger partial charge in [-0.15, -0.1) is 0 Å². The summed E-state index contributed by atoms with van der Waals surface area (Å²) in [5, 5.41) is 4.19. The molecule has 2 aromatic carbocycles. The monoisotopic (exact) mass is 299 g/mol. The lowest BCUT2D eigenvalue weighted by atomic mass is 10.2. The predicted octanol–water partition coefficient (Wildman–Crippen LogP) is 4.19. The largest absolute Gasteiger partial charge is 0.384 e. The Morgan fingerprint density at radius 1 is 1.19 bits per heavy atom. The number of aromatic nitrogens is 2. The lowest BCUT2D eigenvalue weighted by Crippen LogP contribution is -2.09. The summed E-state index contributed by atoms with van der Waals surface area (Å²) in [4.78, 5) is 4.67. The number of fused-ring (bicyclic) bond motifs is 1. The summed E-state index contributed by atoms with van der Waals surface area (Å²) in [6.07, 6.45) is 0.872. The highest BCUT2D eigenvalue weighted by molar-refractivity contribution is 6.31. The Kier molecular flexibility index (Phi) is 3.84. The van der Waals surface area contributed by atoms with Crippen molar-refractivity contribution >= 4 is 28.3 Å². The minimum absolute atomic E-state index is 0.727. The van der Waals surface area contributed by atoms with E-state index in [0.717, 1.165) is 34.8 Å². The molecule has 3 nitrogen and oxygen atoms in total. The van der Waals surface area contributed by atoms with Crippen molar-refractivity contribution in [2.45, 2.75) is 13.3 Å². The second-order valence-corrected chi connectivity index (χ2v) is 5.65. The molecule has 1 heterocycles. The molecule has 1 aromatic heterocycles. The first-order valence-electron chi connectivity index (χ1n) is 7.05. The number of anilines is 1. The van der Waals surface area contributed by atoms with Gasteiger partial charge in [0.15, 0.2) is 0 Å². The number of rotatable bonds is 4. The molecule has 0 saturated heterocycles. The number of para-hydroxylation sites is 1. The van der Waals surface area contributed by atoms with Gasteiger partial charge in [0.05, 0.1) is 11.0 Å². The van der Waals surface area contributed by atoms with Crippen LogP contribution in [0, 0.1) is 6.92 Å². The number of imidazole rings is 1. The van der Waals surface area contributed by atoms with E-state index in [0.29, 0.717) is 0 Å². The maximum Gasteiger partial charge on any atom is 0.111 e. The first kappa shape index (κ1) is 14.0. The standard InChI is InChI=1S/C17H18ClN3/c1-12-5-3-4-6-14(12)19-10-9-17-20-15-11-13(18)7-8-16(15)21(17)2/h3-8,11,19H,9-10H2,1-2H3. The van der Waals surface area contributed by atoms with Crippen LogP contribution in [0.4, 0.5) is 5.69 Å². The zero-order chi connectivity index (χ0) is 14.8. The summed E-state index contributed by atoms with van der Waals surface area (Å²) >= 11 is 6.02. The van der Waals surface area contributed by atoms with E-state index in [1.54, 1.807) is 0 Å². The van der Waals surface area contributed by atoms with Gasteiger partial charge in [-0.2, -0.15) is 0 Å². The van der Waals surface area contributed by atoms with Crippen LogP contribution in [0.2, 0.25) is 5.02 Å². The Balaban J connectivity index is 1.74. The summed E-state index contributed by atoms with van der Waals surface area (Å²) in [6, 6.07) is 14.1. The fraction of sp³-hybridized carbons (Fsp3) is 0.235. The van der Waals surface area contributed by atoms with Crippen LogP contribution in [0.25, 0.3) is 11.0 Å². The highest BCUT2D eigenvalue weighted by Gasteiger charge is 2.08. The molecular formula is C17H18ClN3. The smallest absolute Gasteiger partial charge is 0.111 e. The molecule has 0 radical (unpaired) electrons. The first-order chi connectivity index (χ1) is 10.1. The minimum Gasteiger partial charge on any atom is -0.384 e. The van der Waals surface area contributed by atoms with Gasteiger partial charge in [-0.25, -0.2) is 4.98 Å². The summed E-state index contributed by atoms with van der Waals surface area (Å²) in [6.45, 7) is 2.97. The molecular weight excluding hydrogens is 282 g/mol. The second kappa shape index (κ2) is 5.78. The Morgan fingerprint density at radius 3 is 2.81 bits per heavy atom. The molecule has 0 atom stereocenters. The third-order valence-electron chi connectivity index (χ3n) is 3.74. The average molecular weight is 300 g/mol. The van der Waals surface area contributed by atoms with Crippen LogP contribution in [0.15, 0.2) is 42.5 Å². The van der Waals surface area contributed by atoms with Crippen LogP contribution in [0.1, 0.15) is 11.4 Å². The molecule has 4 heteroatoms. The summed E-state index contributed by atoms with van der Waals surface area (Å²) < 4.78 is 2.13. The molecule has 0 bridgehead atoms. The van der Waals surface area contributed by atoms with E-state index in [2.05, 4.69) is 40.0 Å². The molecule has 0 unspecified atom stereocenters.